The third-order valence-electron chi connectivity index (χ3n) is 7.59. The molecule has 21 heteroatoms. The molecule has 1 aromatic carbocycles. The van der Waals surface area contributed by atoms with E-state index in [2.05, 4.69) is 20.7 Å². The Hall–Kier alpha value is -3.36. The Bertz CT molecular complexity index is 1740. The highest BCUT2D eigenvalue weighted by Crippen LogP contribution is 2.36. The molecule has 47 heavy (non-hydrogen) atoms. The number of aliphatic hydroxyl groups is 1. The number of amides is 2. The number of alkyl halides is 5. The van der Waals surface area contributed by atoms with Gasteiger partial charge in [0.1, 0.15) is 11.4 Å². The Kier molecular flexibility index (Phi) is 10.9. The monoisotopic (exact) mass is 730 g/mol. The maximum absolute atomic E-state index is 13.6. The molecule has 2 atom stereocenters. The van der Waals surface area contributed by atoms with Crippen molar-refractivity contribution in [1.29, 1.82) is 0 Å². The molecule has 2 aromatic heterocycles. The first-order valence-corrected chi connectivity index (χ1v) is 15.6. The fourth-order valence-electron chi connectivity index (χ4n) is 5.31. The maximum atomic E-state index is 13.6. The van der Waals surface area contributed by atoms with Gasteiger partial charge in [0.15, 0.2) is 11.5 Å². The molecule has 2 amide bonds. The number of β-amino-alcohol motifs (C(OH)–C–C–N with tert-alkyl or cyclic N) is 1. The van der Waals surface area contributed by atoms with Crippen LogP contribution in [0, 0.1) is 0 Å². The van der Waals surface area contributed by atoms with Crippen LogP contribution in [0.3, 0.4) is 0 Å². The van der Waals surface area contributed by atoms with Gasteiger partial charge in [0.05, 0.1) is 34.6 Å². The van der Waals surface area contributed by atoms with E-state index in [0.717, 1.165) is 17.0 Å². The van der Waals surface area contributed by atoms with Crippen LogP contribution in [0.1, 0.15) is 22.7 Å². The first kappa shape index (κ1) is 36.5. The zero-order valence-electron chi connectivity index (χ0n) is 24.4. The van der Waals surface area contributed by atoms with E-state index in [1.807, 2.05) is 0 Å². The number of carbonyl (C=O) groups excluding carboxylic acids is 2. The molecule has 0 bridgehead atoms. The first-order valence-electron chi connectivity index (χ1n) is 13.8. The molecule has 0 aliphatic carbocycles. The molecule has 4 heterocycles. The van der Waals surface area contributed by atoms with Gasteiger partial charge in [-0.05, 0) is 24.6 Å². The summed E-state index contributed by atoms with van der Waals surface area (Å²) in [4.78, 5) is 30.9. The van der Waals surface area contributed by atoms with E-state index in [-0.39, 0.29) is 78.0 Å². The van der Waals surface area contributed by atoms with E-state index in [9.17, 15) is 45.1 Å². The molecule has 13 nitrogen and oxygen atoms in total. The number of sulfonamides is 1. The van der Waals surface area contributed by atoms with Gasteiger partial charge in [0.25, 0.3) is 12.3 Å². The van der Waals surface area contributed by atoms with Crippen molar-refractivity contribution in [2.45, 2.75) is 42.6 Å². The van der Waals surface area contributed by atoms with Gasteiger partial charge in [-0.1, -0.05) is 11.6 Å². The molecule has 0 spiro atoms. The fraction of sp³-hybridized carbons (Fsp3) is 0.462. The standard InChI is InChI=1S/C26H28ClF5N8O5S.ClH/c1-37-19(16-12-39(13-21(28)29)36-22(16)26(30,31)32)11-34-23(37)24(42)35-14-2-3-20(17(27)8-14)46(44,45)40-6-4-38(5-7-40)25(43)18-9-15(41)10-33-18;/h2-3,8,11-12,15,18,21,33,41H,4-7,9-10,13H2,1H3,(H,35,42);1H/t15-,18+;/m0./s1. The number of piperazine rings is 1. The minimum atomic E-state index is -4.98. The second kappa shape index (κ2) is 14.0. The molecule has 3 aromatic rings. The summed E-state index contributed by atoms with van der Waals surface area (Å²) < 4.78 is 95.8. The van der Waals surface area contributed by atoms with Crippen LogP contribution in [-0.2, 0) is 34.6 Å². The van der Waals surface area contributed by atoms with E-state index in [1.165, 1.54) is 34.5 Å². The average Bonchev–Trinajstić information content (AvgIpc) is 3.70. The smallest absolute Gasteiger partial charge is 0.392 e. The number of aliphatic hydroxyl groups excluding tert-OH is 1. The number of carbonyl (C=O) groups is 2. The number of benzene rings is 1. The van der Waals surface area contributed by atoms with Gasteiger partial charge in [-0.2, -0.15) is 22.6 Å². The summed E-state index contributed by atoms with van der Waals surface area (Å²) in [7, 11) is -2.84. The van der Waals surface area contributed by atoms with Crippen LogP contribution in [0.25, 0.3) is 11.3 Å². The lowest BCUT2D eigenvalue weighted by Crippen LogP contribution is -2.54. The summed E-state index contributed by atoms with van der Waals surface area (Å²) in [6.45, 7) is -0.459. The largest absolute Gasteiger partial charge is 0.435 e. The van der Waals surface area contributed by atoms with Crippen LogP contribution in [0.5, 0.6) is 0 Å². The lowest BCUT2D eigenvalue weighted by Gasteiger charge is -2.35. The van der Waals surface area contributed by atoms with E-state index >= 15 is 0 Å². The average molecular weight is 732 g/mol. The Morgan fingerprint density at radius 2 is 1.87 bits per heavy atom. The Morgan fingerprint density at radius 3 is 2.45 bits per heavy atom. The number of aromatic nitrogens is 4. The van der Waals surface area contributed by atoms with Gasteiger partial charge in [-0.15, -0.1) is 12.4 Å². The van der Waals surface area contributed by atoms with Crippen molar-refractivity contribution in [2.24, 2.45) is 7.05 Å². The SMILES string of the molecule is Cl.Cn1c(-c2cn(CC(F)F)nc2C(F)(F)F)cnc1C(=O)Nc1ccc(S(=O)(=O)N2CCN(C(=O)[C@H]3C[C@H](O)CN3)CC2)c(Cl)c1. The minimum Gasteiger partial charge on any atom is -0.392 e. The Labute approximate surface area is 276 Å². The van der Waals surface area contributed by atoms with Gasteiger partial charge in [-0.3, -0.25) is 14.3 Å². The van der Waals surface area contributed by atoms with Crippen molar-refractivity contribution >= 4 is 51.5 Å². The molecule has 3 N–H and O–H groups in total. The molecule has 0 radical (unpaired) electrons. The van der Waals surface area contributed by atoms with Crippen LogP contribution < -0.4 is 10.6 Å². The highest BCUT2D eigenvalue weighted by Gasteiger charge is 2.39. The van der Waals surface area contributed by atoms with Crippen LogP contribution in [-0.4, -0.2) is 105 Å². The molecular formula is C26H29Cl2F5N8O5S. The van der Waals surface area contributed by atoms with Gasteiger partial charge in [-0.25, -0.2) is 22.2 Å². The zero-order valence-corrected chi connectivity index (χ0v) is 26.8. The molecule has 2 saturated heterocycles. The molecular weight excluding hydrogens is 702 g/mol. The van der Waals surface area contributed by atoms with Gasteiger partial charge < -0.3 is 25.2 Å². The number of hydrogen-bond acceptors (Lipinski definition) is 8. The van der Waals surface area contributed by atoms with Crippen LogP contribution in [0.4, 0.5) is 27.6 Å². The van der Waals surface area contributed by atoms with E-state index in [1.54, 1.807) is 0 Å². The summed E-state index contributed by atoms with van der Waals surface area (Å²) in [5.41, 5.74) is -2.14. The Balaban J connectivity index is 0.00000500. The van der Waals surface area contributed by atoms with Gasteiger partial charge in [0, 0.05) is 51.7 Å². The van der Waals surface area contributed by atoms with Crippen LogP contribution in [0.15, 0.2) is 35.5 Å². The quantitative estimate of drug-likeness (QED) is 0.299. The molecule has 258 valence electrons. The summed E-state index contributed by atoms with van der Waals surface area (Å²) in [5.74, 6) is -1.43. The van der Waals surface area contributed by atoms with Crippen molar-refractivity contribution in [1.82, 2.24) is 33.9 Å². The summed E-state index contributed by atoms with van der Waals surface area (Å²) in [5, 5.41) is 18.1. The highest BCUT2D eigenvalue weighted by molar-refractivity contribution is 7.89. The number of anilines is 1. The molecule has 2 aliphatic heterocycles. The second-order valence-corrected chi connectivity index (χ2v) is 13.0. The summed E-state index contributed by atoms with van der Waals surface area (Å²) in [6.07, 6.45) is -6.50. The number of nitrogens with zero attached hydrogens (tertiary/aromatic N) is 6. The van der Waals surface area contributed by atoms with Crippen molar-refractivity contribution in [3.05, 3.63) is 47.1 Å². The van der Waals surface area contributed by atoms with Crippen LogP contribution >= 0.6 is 24.0 Å². The van der Waals surface area contributed by atoms with Crippen LogP contribution in [0.2, 0.25) is 5.02 Å². The zero-order chi connectivity index (χ0) is 33.6. The molecule has 5 rings (SSSR count). The number of rotatable bonds is 8. The number of nitrogens with one attached hydrogen (secondary N) is 2. The highest BCUT2D eigenvalue weighted by atomic mass is 35.5. The van der Waals surface area contributed by atoms with Crippen molar-refractivity contribution in [3.8, 4) is 11.3 Å². The predicted molar refractivity (Wildman–Crippen MR) is 160 cm³/mol. The lowest BCUT2D eigenvalue weighted by atomic mass is 10.1. The van der Waals surface area contributed by atoms with E-state index in [0.29, 0.717) is 11.2 Å². The maximum Gasteiger partial charge on any atom is 0.435 e. The summed E-state index contributed by atoms with van der Waals surface area (Å²) >= 11 is 6.31. The van der Waals surface area contributed by atoms with E-state index in [4.69, 9.17) is 11.6 Å². The number of hydrogen-bond donors (Lipinski definition) is 3. The summed E-state index contributed by atoms with van der Waals surface area (Å²) in [6, 6.07) is 3.12. The molecule has 0 unspecified atom stereocenters. The lowest BCUT2D eigenvalue weighted by molar-refractivity contribution is -0.141. The third-order valence-corrected chi connectivity index (χ3v) is 9.97. The molecule has 0 saturated carbocycles. The molecule has 2 fully saturated rings. The first-order chi connectivity index (χ1) is 21.6. The number of halogens is 7. The van der Waals surface area contributed by atoms with Crippen molar-refractivity contribution < 1.29 is 45.1 Å². The molecule has 2 aliphatic rings. The van der Waals surface area contributed by atoms with Crippen molar-refractivity contribution in [2.75, 3.05) is 38.0 Å². The Morgan fingerprint density at radius 1 is 1.19 bits per heavy atom. The van der Waals surface area contributed by atoms with Gasteiger partial charge >= 0.3 is 6.18 Å². The van der Waals surface area contributed by atoms with Gasteiger partial charge in [0.2, 0.25) is 15.9 Å². The third kappa shape index (κ3) is 7.70. The minimum absolute atomic E-state index is 0. The number of imidazole rings is 1. The normalized spacial score (nSPS) is 19.2. The second-order valence-electron chi connectivity index (χ2n) is 10.7. The topological polar surface area (TPSA) is 155 Å². The fourth-order valence-corrected chi connectivity index (χ4v) is 7.25. The predicted octanol–water partition coefficient (Wildman–Crippen LogP) is 2.45. The van der Waals surface area contributed by atoms with E-state index < -0.39 is 58.5 Å². The van der Waals surface area contributed by atoms with Crippen molar-refractivity contribution in [3.63, 3.8) is 0 Å².